The molecule has 0 fully saturated rings. The molecule has 1 amide bonds. The second kappa shape index (κ2) is 4.97. The summed E-state index contributed by atoms with van der Waals surface area (Å²) < 4.78 is 0. The van der Waals surface area contributed by atoms with E-state index in [2.05, 4.69) is 15.5 Å². The SMILES string of the molecule is CCCC(N)C(=O)Nc1ccc2cn[nH]c2c1. The van der Waals surface area contributed by atoms with E-state index < -0.39 is 6.04 Å². The predicted molar refractivity (Wildman–Crippen MR) is 67.6 cm³/mol. The molecule has 5 nitrogen and oxygen atoms in total. The van der Waals surface area contributed by atoms with Crippen molar-refractivity contribution in [1.29, 1.82) is 0 Å². The fraction of sp³-hybridized carbons (Fsp3) is 0.333. The summed E-state index contributed by atoms with van der Waals surface area (Å²) in [6, 6.07) is 5.14. The Bertz CT molecular complexity index is 520. The third-order valence-electron chi connectivity index (χ3n) is 2.65. The number of H-pyrrole nitrogens is 1. The highest BCUT2D eigenvalue weighted by Crippen LogP contribution is 2.16. The van der Waals surface area contributed by atoms with Crippen molar-refractivity contribution < 1.29 is 4.79 Å². The van der Waals surface area contributed by atoms with Gasteiger partial charge in [0.25, 0.3) is 0 Å². The lowest BCUT2D eigenvalue weighted by molar-refractivity contribution is -0.117. The third-order valence-corrected chi connectivity index (χ3v) is 2.65. The van der Waals surface area contributed by atoms with Gasteiger partial charge in [0.05, 0.1) is 17.8 Å². The molecule has 17 heavy (non-hydrogen) atoms. The molecule has 0 saturated heterocycles. The summed E-state index contributed by atoms with van der Waals surface area (Å²) >= 11 is 0. The molecule has 1 aromatic heterocycles. The molecule has 1 unspecified atom stereocenters. The highest BCUT2D eigenvalue weighted by Gasteiger charge is 2.12. The molecule has 1 aromatic carbocycles. The average Bonchev–Trinajstić information content (AvgIpc) is 2.76. The topological polar surface area (TPSA) is 83.8 Å². The van der Waals surface area contributed by atoms with Gasteiger partial charge < -0.3 is 11.1 Å². The maximum absolute atomic E-state index is 11.7. The summed E-state index contributed by atoms with van der Waals surface area (Å²) in [6.07, 6.45) is 3.33. The zero-order chi connectivity index (χ0) is 12.3. The predicted octanol–water partition coefficient (Wildman–Crippen LogP) is 1.63. The van der Waals surface area contributed by atoms with Gasteiger partial charge in [-0.1, -0.05) is 13.3 Å². The summed E-state index contributed by atoms with van der Waals surface area (Å²) in [5.74, 6) is -0.147. The van der Waals surface area contributed by atoms with Crippen LogP contribution in [0.1, 0.15) is 19.8 Å². The van der Waals surface area contributed by atoms with Crippen LogP contribution in [-0.2, 0) is 4.79 Å². The van der Waals surface area contributed by atoms with Crippen molar-refractivity contribution in [3.8, 4) is 0 Å². The molecular formula is C12H16N4O. The Morgan fingerprint density at radius 3 is 3.18 bits per heavy atom. The first kappa shape index (κ1) is 11.6. The minimum Gasteiger partial charge on any atom is -0.325 e. The first-order valence-corrected chi connectivity index (χ1v) is 5.70. The van der Waals surface area contributed by atoms with E-state index in [0.717, 1.165) is 23.0 Å². The van der Waals surface area contributed by atoms with E-state index in [0.29, 0.717) is 6.42 Å². The minimum atomic E-state index is -0.447. The molecule has 2 aromatic rings. The van der Waals surface area contributed by atoms with Crippen molar-refractivity contribution >= 4 is 22.5 Å². The largest absolute Gasteiger partial charge is 0.325 e. The number of aromatic amines is 1. The number of benzene rings is 1. The Balaban J connectivity index is 2.09. The molecule has 0 spiro atoms. The molecule has 5 heteroatoms. The molecule has 0 aliphatic carbocycles. The molecule has 90 valence electrons. The molecule has 0 bridgehead atoms. The average molecular weight is 232 g/mol. The van der Waals surface area contributed by atoms with Crippen molar-refractivity contribution in [2.24, 2.45) is 5.73 Å². The van der Waals surface area contributed by atoms with Crippen LogP contribution in [0, 0.1) is 0 Å². The molecule has 4 N–H and O–H groups in total. The molecule has 2 rings (SSSR count). The van der Waals surface area contributed by atoms with Gasteiger partial charge in [0.1, 0.15) is 0 Å². The first-order valence-electron chi connectivity index (χ1n) is 5.70. The zero-order valence-electron chi connectivity index (χ0n) is 9.73. The Morgan fingerprint density at radius 2 is 2.41 bits per heavy atom. The maximum Gasteiger partial charge on any atom is 0.241 e. The molecule has 0 saturated carbocycles. The minimum absolute atomic E-state index is 0.147. The van der Waals surface area contributed by atoms with Gasteiger partial charge in [-0.3, -0.25) is 9.89 Å². The first-order chi connectivity index (χ1) is 8.20. The number of anilines is 1. The van der Waals surface area contributed by atoms with Crippen LogP contribution in [0.2, 0.25) is 0 Å². The lowest BCUT2D eigenvalue weighted by Gasteiger charge is -2.11. The standard InChI is InChI=1S/C12H16N4O/c1-2-3-10(13)12(17)15-9-5-4-8-7-14-16-11(8)6-9/h4-7,10H,2-3,13H2,1H3,(H,14,16)(H,15,17). The second-order valence-corrected chi connectivity index (χ2v) is 4.06. The van der Waals surface area contributed by atoms with Gasteiger partial charge >= 0.3 is 0 Å². The number of amides is 1. The Labute approximate surface area is 99.4 Å². The molecule has 0 aliphatic rings. The Kier molecular flexibility index (Phi) is 3.39. The quantitative estimate of drug-likeness (QED) is 0.749. The number of nitrogens with one attached hydrogen (secondary N) is 2. The van der Waals surface area contributed by atoms with Crippen molar-refractivity contribution in [2.75, 3.05) is 5.32 Å². The molecule has 1 heterocycles. The van der Waals surface area contributed by atoms with Gasteiger partial charge in [-0.25, -0.2) is 0 Å². The van der Waals surface area contributed by atoms with Gasteiger partial charge in [-0.05, 0) is 24.6 Å². The van der Waals surface area contributed by atoms with Crippen molar-refractivity contribution in [3.05, 3.63) is 24.4 Å². The molecule has 0 aliphatic heterocycles. The summed E-state index contributed by atoms with van der Waals surface area (Å²) in [5.41, 5.74) is 7.37. The van der Waals surface area contributed by atoms with Gasteiger partial charge in [0.15, 0.2) is 0 Å². The van der Waals surface area contributed by atoms with E-state index in [9.17, 15) is 4.79 Å². The highest BCUT2D eigenvalue weighted by molar-refractivity contribution is 5.96. The van der Waals surface area contributed by atoms with Crippen LogP contribution < -0.4 is 11.1 Å². The number of carbonyl (C=O) groups excluding carboxylic acids is 1. The number of hydrogen-bond acceptors (Lipinski definition) is 3. The number of aromatic nitrogens is 2. The maximum atomic E-state index is 11.7. The van der Waals surface area contributed by atoms with Crippen LogP contribution in [0.15, 0.2) is 24.4 Å². The Morgan fingerprint density at radius 1 is 1.59 bits per heavy atom. The van der Waals surface area contributed by atoms with Crippen LogP contribution in [0.3, 0.4) is 0 Å². The second-order valence-electron chi connectivity index (χ2n) is 4.06. The van der Waals surface area contributed by atoms with Gasteiger partial charge in [-0.2, -0.15) is 5.10 Å². The number of hydrogen-bond donors (Lipinski definition) is 3. The van der Waals surface area contributed by atoms with Crippen LogP contribution in [0.4, 0.5) is 5.69 Å². The lowest BCUT2D eigenvalue weighted by Crippen LogP contribution is -2.35. The highest BCUT2D eigenvalue weighted by atomic mass is 16.2. The smallest absolute Gasteiger partial charge is 0.241 e. The van der Waals surface area contributed by atoms with Gasteiger partial charge in [0.2, 0.25) is 5.91 Å². The van der Waals surface area contributed by atoms with Gasteiger partial charge in [0, 0.05) is 11.1 Å². The molecule has 0 radical (unpaired) electrons. The monoisotopic (exact) mass is 232 g/mol. The van der Waals surface area contributed by atoms with Crippen molar-refractivity contribution in [2.45, 2.75) is 25.8 Å². The normalized spacial score (nSPS) is 12.6. The van der Waals surface area contributed by atoms with Crippen molar-refractivity contribution in [3.63, 3.8) is 0 Å². The van der Waals surface area contributed by atoms with E-state index in [1.807, 2.05) is 25.1 Å². The summed E-state index contributed by atoms with van der Waals surface area (Å²) in [4.78, 5) is 11.7. The number of carbonyl (C=O) groups is 1. The van der Waals surface area contributed by atoms with Crippen LogP contribution in [0.5, 0.6) is 0 Å². The number of nitrogens with zero attached hydrogens (tertiary/aromatic N) is 1. The Hall–Kier alpha value is -1.88. The molecular weight excluding hydrogens is 216 g/mol. The van der Waals surface area contributed by atoms with E-state index in [-0.39, 0.29) is 5.91 Å². The van der Waals surface area contributed by atoms with Gasteiger partial charge in [-0.15, -0.1) is 0 Å². The van der Waals surface area contributed by atoms with E-state index in [1.165, 1.54) is 0 Å². The van der Waals surface area contributed by atoms with E-state index >= 15 is 0 Å². The fourth-order valence-corrected chi connectivity index (χ4v) is 1.69. The summed E-state index contributed by atoms with van der Waals surface area (Å²) in [6.45, 7) is 2.00. The van der Waals surface area contributed by atoms with Crippen molar-refractivity contribution in [1.82, 2.24) is 10.2 Å². The fourth-order valence-electron chi connectivity index (χ4n) is 1.69. The van der Waals surface area contributed by atoms with E-state index in [1.54, 1.807) is 6.20 Å². The number of rotatable bonds is 4. The number of nitrogens with two attached hydrogens (primary N) is 1. The van der Waals surface area contributed by atoms with Crippen LogP contribution in [0.25, 0.3) is 10.9 Å². The number of fused-ring (bicyclic) bond motifs is 1. The summed E-state index contributed by atoms with van der Waals surface area (Å²) in [7, 11) is 0. The molecule has 1 atom stereocenters. The summed E-state index contributed by atoms with van der Waals surface area (Å²) in [5, 5.41) is 10.6. The lowest BCUT2D eigenvalue weighted by atomic mass is 10.1. The third kappa shape index (κ3) is 2.62. The van der Waals surface area contributed by atoms with Crippen LogP contribution in [-0.4, -0.2) is 22.1 Å². The zero-order valence-corrected chi connectivity index (χ0v) is 9.73. The van der Waals surface area contributed by atoms with Crippen LogP contribution >= 0.6 is 0 Å². The van der Waals surface area contributed by atoms with E-state index in [4.69, 9.17) is 5.73 Å².